The number of rotatable bonds is 7. The monoisotopic (exact) mass is 258 g/mol. The minimum Gasteiger partial charge on any atom is -0.481 e. The zero-order valence-corrected chi connectivity index (χ0v) is 11.6. The van der Waals surface area contributed by atoms with Crippen molar-refractivity contribution in [3.8, 4) is 0 Å². The molecule has 19 heavy (non-hydrogen) atoms. The second kappa shape index (κ2) is 8.30. The van der Waals surface area contributed by atoms with E-state index in [0.29, 0.717) is 6.42 Å². The zero-order chi connectivity index (χ0) is 14.1. The Morgan fingerprint density at radius 1 is 1.26 bits per heavy atom. The summed E-state index contributed by atoms with van der Waals surface area (Å²) in [6.45, 7) is 3.75. The van der Waals surface area contributed by atoms with Gasteiger partial charge in [-0.1, -0.05) is 61.6 Å². The van der Waals surface area contributed by atoms with Crippen LogP contribution >= 0.6 is 0 Å². The summed E-state index contributed by atoms with van der Waals surface area (Å²) < 4.78 is 0. The Morgan fingerprint density at radius 3 is 2.53 bits per heavy atom. The highest BCUT2D eigenvalue weighted by atomic mass is 16.4. The Hall–Kier alpha value is -1.83. The van der Waals surface area contributed by atoms with E-state index in [1.165, 1.54) is 5.56 Å². The highest BCUT2D eigenvalue weighted by molar-refractivity contribution is 5.69. The van der Waals surface area contributed by atoms with E-state index >= 15 is 0 Å². The van der Waals surface area contributed by atoms with Crippen LogP contribution in [-0.4, -0.2) is 11.1 Å². The molecule has 2 unspecified atom stereocenters. The molecule has 0 aliphatic rings. The van der Waals surface area contributed by atoms with Crippen LogP contribution in [0.3, 0.4) is 0 Å². The first-order valence-corrected chi connectivity index (χ1v) is 6.70. The number of carbonyl (C=O) groups is 1. The van der Waals surface area contributed by atoms with Crippen molar-refractivity contribution in [1.29, 1.82) is 0 Å². The van der Waals surface area contributed by atoms with Gasteiger partial charge in [0.25, 0.3) is 0 Å². The average molecular weight is 258 g/mol. The maximum absolute atomic E-state index is 11.0. The van der Waals surface area contributed by atoms with Crippen LogP contribution in [0.2, 0.25) is 0 Å². The summed E-state index contributed by atoms with van der Waals surface area (Å²) >= 11 is 0. The van der Waals surface area contributed by atoms with Gasteiger partial charge in [0, 0.05) is 0 Å². The third kappa shape index (κ3) is 5.56. The molecule has 2 atom stereocenters. The number of hydrogen-bond acceptors (Lipinski definition) is 1. The fourth-order valence-corrected chi connectivity index (χ4v) is 2.05. The van der Waals surface area contributed by atoms with E-state index in [1.54, 1.807) is 6.92 Å². The number of hydrogen-bond donors (Lipinski definition) is 1. The predicted molar refractivity (Wildman–Crippen MR) is 79.2 cm³/mol. The van der Waals surface area contributed by atoms with E-state index in [0.717, 1.165) is 6.42 Å². The molecule has 0 spiro atoms. The van der Waals surface area contributed by atoms with Gasteiger partial charge in [-0.2, -0.15) is 0 Å². The van der Waals surface area contributed by atoms with E-state index in [4.69, 9.17) is 5.11 Å². The van der Waals surface area contributed by atoms with E-state index < -0.39 is 5.97 Å². The lowest BCUT2D eigenvalue weighted by molar-refractivity contribution is -0.141. The summed E-state index contributed by atoms with van der Waals surface area (Å²) in [6, 6.07) is 10.1. The van der Waals surface area contributed by atoms with E-state index in [9.17, 15) is 4.79 Å². The molecule has 0 heterocycles. The van der Waals surface area contributed by atoms with Crippen molar-refractivity contribution in [3.05, 3.63) is 60.2 Å². The van der Waals surface area contributed by atoms with Gasteiger partial charge in [-0.3, -0.25) is 4.79 Å². The molecule has 1 aromatic carbocycles. The van der Waals surface area contributed by atoms with Crippen LogP contribution in [0.4, 0.5) is 0 Å². The van der Waals surface area contributed by atoms with Crippen molar-refractivity contribution in [3.63, 3.8) is 0 Å². The van der Waals surface area contributed by atoms with Crippen molar-refractivity contribution < 1.29 is 9.90 Å². The summed E-state index contributed by atoms with van der Waals surface area (Å²) in [7, 11) is 0. The van der Waals surface area contributed by atoms with Crippen LogP contribution in [0, 0.1) is 5.92 Å². The van der Waals surface area contributed by atoms with Crippen LogP contribution in [0.15, 0.2) is 54.6 Å². The molecule has 1 rings (SSSR count). The van der Waals surface area contributed by atoms with Gasteiger partial charge < -0.3 is 5.11 Å². The third-order valence-corrected chi connectivity index (χ3v) is 3.19. The predicted octanol–water partition coefficient (Wildman–Crippen LogP) is 4.40. The van der Waals surface area contributed by atoms with Gasteiger partial charge in [0.05, 0.1) is 5.92 Å². The summed E-state index contributed by atoms with van der Waals surface area (Å²) in [6.07, 6.45) is 9.62. The first kappa shape index (κ1) is 15.2. The number of aliphatic carboxylic acids is 1. The SMILES string of the molecule is CC=CC=CCC(CC(C)C(=O)O)c1ccccc1. The molecule has 0 saturated carbocycles. The molecular weight excluding hydrogens is 236 g/mol. The lowest BCUT2D eigenvalue weighted by Crippen LogP contribution is -2.13. The molecule has 102 valence electrons. The standard InChI is InChI=1S/C17H22O2/c1-3-4-5-7-12-16(13-14(2)17(18)19)15-10-8-6-9-11-15/h3-11,14,16H,12-13H2,1-2H3,(H,18,19). The van der Waals surface area contributed by atoms with Gasteiger partial charge in [-0.05, 0) is 31.2 Å². The molecule has 0 aliphatic carbocycles. The Bertz CT molecular complexity index is 432. The molecule has 0 aliphatic heterocycles. The van der Waals surface area contributed by atoms with Crippen molar-refractivity contribution in [2.75, 3.05) is 0 Å². The van der Waals surface area contributed by atoms with Crippen LogP contribution < -0.4 is 0 Å². The molecule has 0 bridgehead atoms. The Morgan fingerprint density at radius 2 is 1.95 bits per heavy atom. The minimum atomic E-state index is -0.724. The average Bonchev–Trinajstić information content (AvgIpc) is 2.42. The molecule has 2 heteroatoms. The molecule has 1 N–H and O–H groups in total. The first-order chi connectivity index (χ1) is 9.15. The van der Waals surface area contributed by atoms with Gasteiger partial charge in [0.1, 0.15) is 0 Å². The van der Waals surface area contributed by atoms with Crippen LogP contribution in [0.1, 0.15) is 38.2 Å². The van der Waals surface area contributed by atoms with Crippen molar-refractivity contribution >= 4 is 5.97 Å². The lowest BCUT2D eigenvalue weighted by atomic mass is 9.87. The van der Waals surface area contributed by atoms with Gasteiger partial charge in [-0.25, -0.2) is 0 Å². The van der Waals surface area contributed by atoms with Crippen molar-refractivity contribution in [1.82, 2.24) is 0 Å². The second-order valence-corrected chi connectivity index (χ2v) is 4.77. The fourth-order valence-electron chi connectivity index (χ4n) is 2.05. The van der Waals surface area contributed by atoms with Crippen molar-refractivity contribution in [2.45, 2.75) is 32.6 Å². The Balaban J connectivity index is 2.76. The van der Waals surface area contributed by atoms with Gasteiger partial charge in [-0.15, -0.1) is 0 Å². The molecule has 2 nitrogen and oxygen atoms in total. The first-order valence-electron chi connectivity index (χ1n) is 6.70. The highest BCUT2D eigenvalue weighted by Crippen LogP contribution is 2.27. The Labute approximate surface area is 115 Å². The molecular formula is C17H22O2. The number of carboxylic acids is 1. The number of allylic oxidation sites excluding steroid dienone is 4. The molecule has 0 aromatic heterocycles. The summed E-state index contributed by atoms with van der Waals surface area (Å²) in [5, 5.41) is 9.06. The number of benzene rings is 1. The summed E-state index contributed by atoms with van der Waals surface area (Å²) in [5.74, 6) is -0.785. The van der Waals surface area contributed by atoms with E-state index in [-0.39, 0.29) is 11.8 Å². The smallest absolute Gasteiger partial charge is 0.306 e. The van der Waals surface area contributed by atoms with Crippen LogP contribution in [-0.2, 0) is 4.79 Å². The van der Waals surface area contributed by atoms with Crippen LogP contribution in [0.5, 0.6) is 0 Å². The van der Waals surface area contributed by atoms with Gasteiger partial charge in [0.2, 0.25) is 0 Å². The molecule has 0 amide bonds. The maximum Gasteiger partial charge on any atom is 0.306 e. The quantitative estimate of drug-likeness (QED) is 0.736. The number of carboxylic acid groups (broad SMARTS) is 1. The largest absolute Gasteiger partial charge is 0.481 e. The third-order valence-electron chi connectivity index (χ3n) is 3.19. The molecule has 0 saturated heterocycles. The molecule has 0 fully saturated rings. The van der Waals surface area contributed by atoms with Crippen molar-refractivity contribution in [2.24, 2.45) is 5.92 Å². The second-order valence-electron chi connectivity index (χ2n) is 4.77. The van der Waals surface area contributed by atoms with Gasteiger partial charge in [0.15, 0.2) is 0 Å². The van der Waals surface area contributed by atoms with Gasteiger partial charge >= 0.3 is 5.97 Å². The fraction of sp³-hybridized carbons (Fsp3) is 0.353. The molecule has 1 aromatic rings. The lowest BCUT2D eigenvalue weighted by Gasteiger charge is -2.18. The summed E-state index contributed by atoms with van der Waals surface area (Å²) in [4.78, 5) is 11.0. The minimum absolute atomic E-state index is 0.258. The normalized spacial score (nSPS) is 14.8. The highest BCUT2D eigenvalue weighted by Gasteiger charge is 2.18. The molecule has 0 radical (unpaired) electrons. The maximum atomic E-state index is 11.0. The van der Waals surface area contributed by atoms with E-state index in [1.807, 2.05) is 43.4 Å². The summed E-state index contributed by atoms with van der Waals surface area (Å²) in [5.41, 5.74) is 1.21. The zero-order valence-electron chi connectivity index (χ0n) is 11.6. The van der Waals surface area contributed by atoms with Crippen LogP contribution in [0.25, 0.3) is 0 Å². The Kier molecular flexibility index (Phi) is 6.65. The van der Waals surface area contributed by atoms with E-state index in [2.05, 4.69) is 18.2 Å². The topological polar surface area (TPSA) is 37.3 Å².